The molecule has 1 aromatic heterocycles. The number of hydrogen-bond donors (Lipinski definition) is 2. The topological polar surface area (TPSA) is 41.5 Å². The van der Waals surface area contributed by atoms with Crippen molar-refractivity contribution < 1.29 is 23.1 Å². The number of quaternary nitrogens is 1. The minimum atomic E-state index is -2.79. The molecular formula is C31H37F2N2O2S+. The SMILES string of the molecule is OC(CCC[N+]1(CCOC(C2=CCC(F)(F)C=C2)c2ccccc2)CCNCC1)c1csc2ccccc12. The maximum atomic E-state index is 13.7. The Morgan fingerprint density at radius 2 is 1.79 bits per heavy atom. The predicted molar refractivity (Wildman–Crippen MR) is 151 cm³/mol. The summed E-state index contributed by atoms with van der Waals surface area (Å²) in [5.74, 6) is -2.79. The maximum absolute atomic E-state index is 13.7. The summed E-state index contributed by atoms with van der Waals surface area (Å²) in [5, 5.41) is 17.7. The Morgan fingerprint density at radius 1 is 1.03 bits per heavy atom. The Bertz CT molecular complexity index is 1250. The summed E-state index contributed by atoms with van der Waals surface area (Å²) in [6, 6.07) is 18.1. The second-order valence-electron chi connectivity index (χ2n) is 10.5. The van der Waals surface area contributed by atoms with E-state index in [2.05, 4.69) is 22.8 Å². The number of aliphatic hydroxyl groups excluding tert-OH is 1. The van der Waals surface area contributed by atoms with E-state index in [1.807, 2.05) is 42.5 Å². The van der Waals surface area contributed by atoms with Crippen LogP contribution in [0.15, 0.2) is 83.8 Å². The maximum Gasteiger partial charge on any atom is 0.270 e. The van der Waals surface area contributed by atoms with Crippen LogP contribution in [0.1, 0.15) is 42.6 Å². The van der Waals surface area contributed by atoms with Crippen molar-refractivity contribution in [2.75, 3.05) is 45.9 Å². The van der Waals surface area contributed by atoms with Crippen LogP contribution in [0.2, 0.25) is 0 Å². The number of halogens is 2. The Kier molecular flexibility index (Phi) is 8.71. The highest BCUT2D eigenvalue weighted by atomic mass is 32.1. The summed E-state index contributed by atoms with van der Waals surface area (Å²) in [5.41, 5.74) is 2.80. The molecule has 2 N–H and O–H groups in total. The molecule has 7 heteroatoms. The van der Waals surface area contributed by atoms with Crippen LogP contribution >= 0.6 is 11.3 Å². The Morgan fingerprint density at radius 3 is 2.55 bits per heavy atom. The number of rotatable bonds is 11. The van der Waals surface area contributed by atoms with Crippen LogP contribution < -0.4 is 5.32 Å². The van der Waals surface area contributed by atoms with Crippen LogP contribution in [0.5, 0.6) is 0 Å². The van der Waals surface area contributed by atoms with Crippen LogP contribution in [0, 0.1) is 0 Å². The third-order valence-electron chi connectivity index (χ3n) is 7.89. The number of aliphatic hydroxyl groups is 1. The smallest absolute Gasteiger partial charge is 0.270 e. The third-order valence-corrected chi connectivity index (χ3v) is 8.87. The van der Waals surface area contributed by atoms with Crippen molar-refractivity contribution in [3.63, 3.8) is 0 Å². The molecule has 1 fully saturated rings. The first kappa shape index (κ1) is 27.2. The van der Waals surface area contributed by atoms with Gasteiger partial charge in [-0.25, -0.2) is 8.78 Å². The minimum absolute atomic E-state index is 0.293. The molecule has 38 heavy (non-hydrogen) atoms. The van der Waals surface area contributed by atoms with Gasteiger partial charge in [-0.05, 0) is 52.5 Å². The highest BCUT2D eigenvalue weighted by Gasteiger charge is 2.32. The van der Waals surface area contributed by atoms with Gasteiger partial charge in [-0.1, -0.05) is 60.7 Å². The van der Waals surface area contributed by atoms with E-state index in [0.717, 1.165) is 84.8 Å². The van der Waals surface area contributed by atoms with E-state index >= 15 is 0 Å². The largest absolute Gasteiger partial charge is 0.388 e. The van der Waals surface area contributed by atoms with Crippen molar-refractivity contribution in [2.45, 2.75) is 37.4 Å². The number of allylic oxidation sites excluding steroid dienone is 2. The van der Waals surface area contributed by atoms with Gasteiger partial charge in [-0.15, -0.1) is 11.3 Å². The summed E-state index contributed by atoms with van der Waals surface area (Å²) in [7, 11) is 0. The fraction of sp³-hybridized carbons (Fsp3) is 0.419. The highest BCUT2D eigenvalue weighted by Crippen LogP contribution is 2.35. The summed E-state index contributed by atoms with van der Waals surface area (Å²) in [4.78, 5) is 0. The van der Waals surface area contributed by atoms with Gasteiger partial charge >= 0.3 is 0 Å². The molecule has 4 nitrogen and oxygen atoms in total. The fourth-order valence-corrected chi connectivity index (χ4v) is 6.65. The number of nitrogens with zero attached hydrogens (tertiary/aromatic N) is 1. The van der Waals surface area contributed by atoms with E-state index in [1.54, 1.807) is 17.4 Å². The van der Waals surface area contributed by atoms with Crippen LogP contribution in [0.25, 0.3) is 10.1 Å². The molecule has 2 heterocycles. The zero-order valence-electron chi connectivity index (χ0n) is 21.7. The van der Waals surface area contributed by atoms with Gasteiger partial charge in [0.15, 0.2) is 0 Å². The number of thiophene rings is 1. The van der Waals surface area contributed by atoms with E-state index in [9.17, 15) is 13.9 Å². The lowest BCUT2D eigenvalue weighted by Gasteiger charge is -2.42. The predicted octanol–water partition coefficient (Wildman–Crippen LogP) is 6.41. The number of piperazine rings is 1. The molecule has 202 valence electrons. The lowest BCUT2D eigenvalue weighted by molar-refractivity contribution is -0.930. The van der Waals surface area contributed by atoms with Gasteiger partial charge in [-0.2, -0.15) is 0 Å². The fourth-order valence-electron chi connectivity index (χ4n) is 5.64. The van der Waals surface area contributed by atoms with Crippen molar-refractivity contribution >= 4 is 21.4 Å². The van der Waals surface area contributed by atoms with Crippen LogP contribution in [-0.2, 0) is 4.74 Å². The van der Waals surface area contributed by atoms with Crippen molar-refractivity contribution in [3.05, 3.63) is 94.9 Å². The zero-order chi connectivity index (χ0) is 26.4. The Hall–Kier alpha value is -2.42. The first-order valence-corrected chi connectivity index (χ1v) is 14.5. The number of hydrogen-bond acceptors (Lipinski definition) is 4. The van der Waals surface area contributed by atoms with Gasteiger partial charge < -0.3 is 19.6 Å². The number of nitrogens with one attached hydrogen (secondary N) is 1. The van der Waals surface area contributed by atoms with Crippen LogP contribution in [0.3, 0.4) is 0 Å². The second kappa shape index (κ2) is 12.2. The molecule has 0 saturated carbocycles. The number of benzene rings is 2. The summed E-state index contributed by atoms with van der Waals surface area (Å²) in [6.07, 6.45) is 4.67. The molecule has 2 aromatic carbocycles. The van der Waals surface area contributed by atoms with Gasteiger partial charge in [-0.3, -0.25) is 0 Å². The number of alkyl halides is 2. The van der Waals surface area contributed by atoms with E-state index in [-0.39, 0.29) is 12.5 Å². The third kappa shape index (κ3) is 6.58. The molecule has 2 atom stereocenters. The highest BCUT2D eigenvalue weighted by molar-refractivity contribution is 7.17. The van der Waals surface area contributed by atoms with Crippen LogP contribution in [-0.4, -0.2) is 61.4 Å². The minimum Gasteiger partial charge on any atom is -0.388 e. The molecule has 0 spiro atoms. The van der Waals surface area contributed by atoms with Crippen LogP contribution in [0.4, 0.5) is 8.78 Å². The number of fused-ring (bicyclic) bond motifs is 1. The summed E-state index contributed by atoms with van der Waals surface area (Å²) in [6.45, 7) is 6.34. The quantitative estimate of drug-likeness (QED) is 0.277. The standard InChI is InChI=1S/C31H37F2N2O2S/c32-31(33)14-12-25(13-15-31)30(24-7-2-1-3-8-24)37-22-21-35(19-16-34-17-20-35)18-6-10-28(36)27-23-38-29-11-5-4-9-26(27)29/h1-5,7-9,11-14,23,28,30,34,36H,6,10,15-22H2/q+1. The van der Waals surface area contributed by atoms with E-state index < -0.39 is 12.0 Å². The molecule has 1 aliphatic heterocycles. The first-order valence-electron chi connectivity index (χ1n) is 13.6. The monoisotopic (exact) mass is 539 g/mol. The molecule has 1 aliphatic carbocycles. The van der Waals surface area contributed by atoms with Gasteiger partial charge in [0, 0.05) is 24.2 Å². The Labute approximate surface area is 227 Å². The average Bonchev–Trinajstić information content (AvgIpc) is 3.37. The first-order chi connectivity index (χ1) is 18.4. The lowest BCUT2D eigenvalue weighted by Crippen LogP contribution is -2.60. The molecule has 2 aliphatic rings. The molecule has 1 saturated heterocycles. The molecule has 0 amide bonds. The molecule has 0 bridgehead atoms. The normalized spacial score (nSPS) is 20.2. The number of ether oxygens (including phenoxy) is 1. The second-order valence-corrected chi connectivity index (χ2v) is 11.4. The van der Waals surface area contributed by atoms with Gasteiger partial charge in [0.1, 0.15) is 12.6 Å². The zero-order valence-corrected chi connectivity index (χ0v) is 22.5. The van der Waals surface area contributed by atoms with E-state index in [4.69, 9.17) is 4.74 Å². The summed E-state index contributed by atoms with van der Waals surface area (Å²) < 4.78 is 36.1. The van der Waals surface area contributed by atoms with Crippen molar-refractivity contribution in [1.29, 1.82) is 0 Å². The van der Waals surface area contributed by atoms with E-state index in [1.165, 1.54) is 10.8 Å². The van der Waals surface area contributed by atoms with E-state index in [0.29, 0.717) is 6.61 Å². The van der Waals surface area contributed by atoms with Gasteiger partial charge in [0.25, 0.3) is 5.92 Å². The van der Waals surface area contributed by atoms with Crippen molar-refractivity contribution in [3.8, 4) is 0 Å². The molecule has 2 unspecified atom stereocenters. The van der Waals surface area contributed by atoms with Crippen molar-refractivity contribution in [2.24, 2.45) is 0 Å². The summed E-state index contributed by atoms with van der Waals surface area (Å²) >= 11 is 1.69. The average molecular weight is 540 g/mol. The molecule has 0 radical (unpaired) electrons. The van der Waals surface area contributed by atoms with Gasteiger partial charge in [0.2, 0.25) is 0 Å². The lowest BCUT2D eigenvalue weighted by atomic mass is 9.95. The molecular weight excluding hydrogens is 502 g/mol. The van der Waals surface area contributed by atoms with Crippen molar-refractivity contribution in [1.82, 2.24) is 5.32 Å². The van der Waals surface area contributed by atoms with Gasteiger partial charge in [0.05, 0.1) is 32.3 Å². The Balaban J connectivity index is 1.21. The molecule has 5 rings (SSSR count). The molecule has 3 aromatic rings.